The molecule has 0 radical (unpaired) electrons. The maximum absolute atomic E-state index is 12.1. The lowest BCUT2D eigenvalue weighted by Gasteiger charge is -2.13. The van der Waals surface area contributed by atoms with Crippen molar-refractivity contribution in [3.8, 4) is 0 Å². The van der Waals surface area contributed by atoms with Crippen LogP contribution in [0.2, 0.25) is 0 Å². The van der Waals surface area contributed by atoms with Crippen LogP contribution in [0.1, 0.15) is 36.7 Å². The average molecular weight is 205 g/mol. The fourth-order valence-corrected chi connectivity index (χ4v) is 1.70. The molecule has 0 aromatic heterocycles. The van der Waals surface area contributed by atoms with Crippen LogP contribution in [0.5, 0.6) is 0 Å². The lowest BCUT2D eigenvalue weighted by Crippen LogP contribution is -2.34. The highest BCUT2D eigenvalue weighted by Crippen LogP contribution is 2.11. The van der Waals surface area contributed by atoms with E-state index in [1.807, 2.05) is 38.1 Å². The van der Waals surface area contributed by atoms with Crippen molar-refractivity contribution in [3.63, 3.8) is 0 Å². The molecule has 0 heterocycles. The lowest BCUT2D eigenvalue weighted by molar-refractivity contribution is 0.0951. The molecule has 1 atom stereocenters. The first-order chi connectivity index (χ1) is 7.20. The van der Waals surface area contributed by atoms with E-state index in [1.54, 1.807) is 0 Å². The van der Waals surface area contributed by atoms with Crippen molar-refractivity contribution in [3.05, 3.63) is 35.4 Å². The number of rotatable bonds is 5. The van der Waals surface area contributed by atoms with Crippen molar-refractivity contribution in [2.24, 2.45) is 0 Å². The van der Waals surface area contributed by atoms with Gasteiger partial charge in [-0.05, 0) is 25.5 Å². The van der Waals surface area contributed by atoms with Gasteiger partial charge in [-0.1, -0.05) is 38.1 Å². The van der Waals surface area contributed by atoms with Gasteiger partial charge in [0.1, 0.15) is 0 Å². The van der Waals surface area contributed by atoms with E-state index in [0.717, 1.165) is 24.1 Å². The van der Waals surface area contributed by atoms with Crippen LogP contribution in [0.25, 0.3) is 0 Å². The summed E-state index contributed by atoms with van der Waals surface area (Å²) in [5, 5.41) is 3.15. The Kier molecular flexibility index (Phi) is 4.50. The summed E-state index contributed by atoms with van der Waals surface area (Å²) in [5.41, 5.74) is 1.99. The molecule has 0 aliphatic carbocycles. The van der Waals surface area contributed by atoms with Gasteiger partial charge < -0.3 is 5.32 Å². The highest BCUT2D eigenvalue weighted by atomic mass is 16.1. The first kappa shape index (κ1) is 11.9. The Morgan fingerprint density at radius 3 is 2.60 bits per heavy atom. The summed E-state index contributed by atoms with van der Waals surface area (Å²) in [4.78, 5) is 12.1. The van der Waals surface area contributed by atoms with Gasteiger partial charge in [-0.15, -0.1) is 0 Å². The van der Waals surface area contributed by atoms with Crippen molar-refractivity contribution >= 4 is 5.78 Å². The zero-order valence-electron chi connectivity index (χ0n) is 9.71. The second kappa shape index (κ2) is 5.66. The smallest absolute Gasteiger partial charge is 0.179 e. The topological polar surface area (TPSA) is 29.1 Å². The van der Waals surface area contributed by atoms with Crippen LogP contribution >= 0.6 is 0 Å². The molecule has 82 valence electrons. The standard InChI is InChI=1S/C13H19NO/c1-4-11-8-6-7-9-12(11)13(15)10(3)14-5-2/h6-10,14H,4-5H2,1-3H3/t10-/m1/s1. The molecule has 0 saturated heterocycles. The van der Waals surface area contributed by atoms with E-state index < -0.39 is 0 Å². The van der Waals surface area contributed by atoms with Gasteiger partial charge in [0.15, 0.2) is 5.78 Å². The first-order valence-corrected chi connectivity index (χ1v) is 5.56. The third kappa shape index (κ3) is 2.90. The molecule has 0 unspecified atom stereocenters. The molecule has 1 N–H and O–H groups in total. The SMILES string of the molecule is CCN[C@H](C)C(=O)c1ccccc1CC. The molecular weight excluding hydrogens is 186 g/mol. The number of Topliss-reactive ketones (excluding diaryl/α,β-unsaturated/α-hetero) is 1. The molecule has 0 aliphatic rings. The largest absolute Gasteiger partial charge is 0.308 e. The van der Waals surface area contributed by atoms with Crippen LogP contribution in [-0.2, 0) is 6.42 Å². The fourth-order valence-electron chi connectivity index (χ4n) is 1.70. The van der Waals surface area contributed by atoms with Crippen LogP contribution in [0.15, 0.2) is 24.3 Å². The van der Waals surface area contributed by atoms with E-state index in [-0.39, 0.29) is 11.8 Å². The summed E-state index contributed by atoms with van der Waals surface area (Å²) in [7, 11) is 0. The molecule has 0 fully saturated rings. The Hall–Kier alpha value is -1.15. The Bertz CT molecular complexity index is 333. The highest BCUT2D eigenvalue weighted by Gasteiger charge is 2.15. The van der Waals surface area contributed by atoms with E-state index in [4.69, 9.17) is 0 Å². The molecule has 2 heteroatoms. The third-order valence-electron chi connectivity index (χ3n) is 2.57. The Morgan fingerprint density at radius 2 is 2.00 bits per heavy atom. The van der Waals surface area contributed by atoms with Crippen molar-refractivity contribution in [1.29, 1.82) is 0 Å². The predicted octanol–water partition coefficient (Wildman–Crippen LogP) is 2.43. The van der Waals surface area contributed by atoms with Gasteiger partial charge in [-0.2, -0.15) is 0 Å². The van der Waals surface area contributed by atoms with E-state index in [1.165, 1.54) is 0 Å². The summed E-state index contributed by atoms with van der Waals surface area (Å²) >= 11 is 0. The molecule has 1 rings (SSSR count). The number of hydrogen-bond donors (Lipinski definition) is 1. The van der Waals surface area contributed by atoms with Crippen molar-refractivity contribution < 1.29 is 4.79 Å². The zero-order chi connectivity index (χ0) is 11.3. The zero-order valence-corrected chi connectivity index (χ0v) is 9.71. The Labute approximate surface area is 91.7 Å². The van der Waals surface area contributed by atoms with E-state index in [0.29, 0.717) is 0 Å². The van der Waals surface area contributed by atoms with Gasteiger partial charge in [0.25, 0.3) is 0 Å². The highest BCUT2D eigenvalue weighted by molar-refractivity contribution is 6.01. The van der Waals surface area contributed by atoms with E-state index in [2.05, 4.69) is 12.2 Å². The summed E-state index contributed by atoms with van der Waals surface area (Å²) in [6, 6.07) is 7.74. The summed E-state index contributed by atoms with van der Waals surface area (Å²) in [6.45, 7) is 6.82. The predicted molar refractivity (Wildman–Crippen MR) is 63.3 cm³/mol. The lowest BCUT2D eigenvalue weighted by atomic mass is 9.98. The minimum Gasteiger partial charge on any atom is -0.308 e. The molecule has 0 aliphatic heterocycles. The van der Waals surface area contributed by atoms with Crippen LogP contribution < -0.4 is 5.32 Å². The van der Waals surface area contributed by atoms with Crippen LogP contribution in [-0.4, -0.2) is 18.4 Å². The molecule has 15 heavy (non-hydrogen) atoms. The van der Waals surface area contributed by atoms with Gasteiger partial charge in [0, 0.05) is 5.56 Å². The van der Waals surface area contributed by atoms with Crippen molar-refractivity contribution in [1.82, 2.24) is 5.32 Å². The Morgan fingerprint density at radius 1 is 1.33 bits per heavy atom. The van der Waals surface area contributed by atoms with Crippen molar-refractivity contribution in [2.75, 3.05) is 6.54 Å². The molecule has 2 nitrogen and oxygen atoms in total. The van der Waals surface area contributed by atoms with Gasteiger partial charge in [-0.3, -0.25) is 4.79 Å². The molecule has 0 saturated carbocycles. The number of ketones is 1. The monoisotopic (exact) mass is 205 g/mol. The molecule has 0 bridgehead atoms. The van der Waals surface area contributed by atoms with Gasteiger partial charge >= 0.3 is 0 Å². The number of carbonyl (C=O) groups is 1. The minimum atomic E-state index is -0.0947. The van der Waals surface area contributed by atoms with Gasteiger partial charge in [-0.25, -0.2) is 0 Å². The molecule has 1 aromatic carbocycles. The number of hydrogen-bond acceptors (Lipinski definition) is 2. The van der Waals surface area contributed by atoms with Gasteiger partial charge in [0.05, 0.1) is 6.04 Å². The maximum atomic E-state index is 12.1. The fraction of sp³-hybridized carbons (Fsp3) is 0.462. The van der Waals surface area contributed by atoms with Crippen molar-refractivity contribution in [2.45, 2.75) is 33.2 Å². The number of benzene rings is 1. The number of aryl methyl sites for hydroxylation is 1. The quantitative estimate of drug-likeness (QED) is 0.748. The molecular formula is C13H19NO. The van der Waals surface area contributed by atoms with Crippen LogP contribution in [0, 0.1) is 0 Å². The van der Waals surface area contributed by atoms with E-state index >= 15 is 0 Å². The molecule has 1 aromatic rings. The van der Waals surface area contributed by atoms with Gasteiger partial charge in [0.2, 0.25) is 0 Å². The first-order valence-electron chi connectivity index (χ1n) is 5.56. The summed E-state index contributed by atoms with van der Waals surface area (Å²) in [5.74, 6) is 0.189. The maximum Gasteiger partial charge on any atom is 0.179 e. The Balaban J connectivity index is 2.90. The van der Waals surface area contributed by atoms with Crippen LogP contribution in [0.3, 0.4) is 0 Å². The summed E-state index contributed by atoms with van der Waals surface area (Å²) in [6.07, 6.45) is 0.904. The molecule has 0 spiro atoms. The van der Waals surface area contributed by atoms with Crippen LogP contribution in [0.4, 0.5) is 0 Å². The summed E-state index contributed by atoms with van der Waals surface area (Å²) < 4.78 is 0. The second-order valence-corrected chi connectivity index (χ2v) is 3.65. The number of carbonyl (C=O) groups excluding carboxylic acids is 1. The molecule has 0 amide bonds. The average Bonchev–Trinajstić information content (AvgIpc) is 2.28. The third-order valence-corrected chi connectivity index (χ3v) is 2.57. The van der Waals surface area contributed by atoms with E-state index in [9.17, 15) is 4.79 Å². The second-order valence-electron chi connectivity index (χ2n) is 3.65. The minimum absolute atomic E-state index is 0.0947. The normalized spacial score (nSPS) is 12.5. The number of nitrogens with one attached hydrogen (secondary N) is 1. The number of likely N-dealkylation sites (N-methyl/N-ethyl adjacent to an activating group) is 1.